The van der Waals surface area contributed by atoms with E-state index in [1.165, 1.54) is 6.08 Å². The first kappa shape index (κ1) is 16.9. The number of hydrogen-bond acceptors (Lipinski definition) is 5. The van der Waals surface area contributed by atoms with Crippen molar-refractivity contribution in [2.24, 2.45) is 0 Å². The highest BCUT2D eigenvalue weighted by molar-refractivity contribution is 5.61. The van der Waals surface area contributed by atoms with E-state index in [0.717, 1.165) is 0 Å². The van der Waals surface area contributed by atoms with Gasteiger partial charge in [-0.05, 0) is 45.0 Å². The largest absolute Gasteiger partial charge is 0.509 e. The molecule has 0 saturated heterocycles. The van der Waals surface area contributed by atoms with Gasteiger partial charge in [0.1, 0.15) is 17.1 Å². The van der Waals surface area contributed by atoms with Gasteiger partial charge in [-0.3, -0.25) is 0 Å². The Hall–Kier alpha value is -2.17. The van der Waals surface area contributed by atoms with Gasteiger partial charge in [-0.1, -0.05) is 6.58 Å². The van der Waals surface area contributed by atoms with E-state index >= 15 is 0 Å². The molecule has 0 saturated carbocycles. The average molecular weight is 294 g/mol. The van der Waals surface area contributed by atoms with Crippen molar-refractivity contribution in [3.05, 3.63) is 36.4 Å². The van der Waals surface area contributed by atoms with E-state index in [4.69, 9.17) is 18.9 Å². The van der Waals surface area contributed by atoms with Crippen molar-refractivity contribution in [1.29, 1.82) is 0 Å². The minimum Gasteiger partial charge on any atom is -0.497 e. The van der Waals surface area contributed by atoms with Crippen molar-refractivity contribution >= 4 is 6.16 Å². The highest BCUT2D eigenvalue weighted by Crippen LogP contribution is 2.32. The van der Waals surface area contributed by atoms with Crippen LogP contribution in [0.5, 0.6) is 11.5 Å². The molecular weight excluding hydrogens is 272 g/mol. The molecule has 0 spiro atoms. The molecule has 0 heterocycles. The SMILES string of the molecule is C=CC(OC(=O)OC(C)(C)C)c1cc(OC)ccc1OC. The molecule has 1 unspecified atom stereocenters. The van der Waals surface area contributed by atoms with E-state index in [0.29, 0.717) is 17.1 Å². The second-order valence-electron chi connectivity index (χ2n) is 5.35. The Morgan fingerprint density at radius 2 is 1.90 bits per heavy atom. The van der Waals surface area contributed by atoms with Gasteiger partial charge in [0.15, 0.2) is 6.10 Å². The van der Waals surface area contributed by atoms with Crippen LogP contribution in [0, 0.1) is 0 Å². The molecule has 0 aliphatic heterocycles. The molecule has 1 rings (SSSR count). The first-order valence-corrected chi connectivity index (χ1v) is 6.55. The lowest BCUT2D eigenvalue weighted by Gasteiger charge is -2.22. The Balaban J connectivity index is 2.99. The van der Waals surface area contributed by atoms with Crippen LogP contribution >= 0.6 is 0 Å². The fourth-order valence-electron chi connectivity index (χ4n) is 1.68. The molecule has 1 atom stereocenters. The molecule has 5 heteroatoms. The quantitative estimate of drug-likeness (QED) is 0.609. The summed E-state index contributed by atoms with van der Waals surface area (Å²) in [5, 5.41) is 0. The van der Waals surface area contributed by atoms with Crippen molar-refractivity contribution in [2.75, 3.05) is 14.2 Å². The molecule has 0 aliphatic carbocycles. The number of carbonyl (C=O) groups excluding carboxylic acids is 1. The van der Waals surface area contributed by atoms with Crippen LogP contribution in [0.3, 0.4) is 0 Å². The molecule has 0 N–H and O–H groups in total. The number of carbonyl (C=O) groups is 1. The molecule has 0 bridgehead atoms. The lowest BCUT2D eigenvalue weighted by Crippen LogP contribution is -2.25. The van der Waals surface area contributed by atoms with E-state index in [1.807, 2.05) is 0 Å². The standard InChI is InChI=1S/C16H22O5/c1-7-13(20-15(17)21-16(2,3)4)12-10-11(18-5)8-9-14(12)19-6/h7-10,13H,1H2,2-6H3. The van der Waals surface area contributed by atoms with Crippen LogP contribution in [0.25, 0.3) is 0 Å². The maximum Gasteiger partial charge on any atom is 0.509 e. The average Bonchev–Trinajstić information content (AvgIpc) is 2.42. The van der Waals surface area contributed by atoms with Gasteiger partial charge in [-0.15, -0.1) is 0 Å². The lowest BCUT2D eigenvalue weighted by atomic mass is 10.1. The summed E-state index contributed by atoms with van der Waals surface area (Å²) in [7, 11) is 3.10. The Morgan fingerprint density at radius 3 is 2.38 bits per heavy atom. The molecule has 116 valence electrons. The van der Waals surface area contributed by atoms with Crippen molar-refractivity contribution in [3.8, 4) is 11.5 Å². The fourth-order valence-corrected chi connectivity index (χ4v) is 1.68. The van der Waals surface area contributed by atoms with Crippen LogP contribution in [0.4, 0.5) is 4.79 Å². The van der Waals surface area contributed by atoms with Crippen LogP contribution in [0.1, 0.15) is 32.4 Å². The smallest absolute Gasteiger partial charge is 0.497 e. The summed E-state index contributed by atoms with van der Waals surface area (Å²) < 4.78 is 20.9. The number of benzene rings is 1. The van der Waals surface area contributed by atoms with Crippen LogP contribution in [0.2, 0.25) is 0 Å². The molecular formula is C16H22O5. The number of rotatable bonds is 5. The highest BCUT2D eigenvalue weighted by atomic mass is 16.7. The van der Waals surface area contributed by atoms with Gasteiger partial charge in [-0.2, -0.15) is 0 Å². The summed E-state index contributed by atoms with van der Waals surface area (Å²) in [5.41, 5.74) is 0.0130. The topological polar surface area (TPSA) is 54.0 Å². The third-order valence-corrected chi connectivity index (χ3v) is 2.57. The lowest BCUT2D eigenvalue weighted by molar-refractivity contribution is -0.0191. The molecule has 5 nitrogen and oxygen atoms in total. The van der Waals surface area contributed by atoms with E-state index in [9.17, 15) is 4.79 Å². The second kappa shape index (κ2) is 7.02. The van der Waals surface area contributed by atoms with Crippen molar-refractivity contribution < 1.29 is 23.7 Å². The predicted octanol–water partition coefficient (Wildman–Crippen LogP) is 3.88. The third kappa shape index (κ3) is 5.02. The Morgan fingerprint density at radius 1 is 1.24 bits per heavy atom. The molecule has 0 aromatic heterocycles. The molecule has 21 heavy (non-hydrogen) atoms. The summed E-state index contributed by atoms with van der Waals surface area (Å²) in [6.45, 7) is 8.99. The second-order valence-corrected chi connectivity index (χ2v) is 5.35. The van der Waals surface area contributed by atoms with Crippen LogP contribution in [0.15, 0.2) is 30.9 Å². The van der Waals surface area contributed by atoms with Gasteiger partial charge >= 0.3 is 6.16 Å². The summed E-state index contributed by atoms with van der Waals surface area (Å²) in [4.78, 5) is 11.8. The fraction of sp³-hybridized carbons (Fsp3) is 0.438. The Labute approximate surface area is 125 Å². The van der Waals surface area contributed by atoms with Crippen LogP contribution in [-0.2, 0) is 9.47 Å². The van der Waals surface area contributed by atoms with Crippen LogP contribution in [-0.4, -0.2) is 26.0 Å². The number of ether oxygens (including phenoxy) is 4. The van der Waals surface area contributed by atoms with E-state index in [-0.39, 0.29) is 0 Å². The maximum atomic E-state index is 11.8. The summed E-state index contributed by atoms with van der Waals surface area (Å²) >= 11 is 0. The van der Waals surface area contributed by atoms with E-state index in [1.54, 1.807) is 53.2 Å². The van der Waals surface area contributed by atoms with Gasteiger partial charge in [0.2, 0.25) is 0 Å². The molecule has 0 fully saturated rings. The van der Waals surface area contributed by atoms with Crippen molar-refractivity contribution in [2.45, 2.75) is 32.5 Å². The van der Waals surface area contributed by atoms with Crippen molar-refractivity contribution in [1.82, 2.24) is 0 Å². The summed E-state index contributed by atoms with van der Waals surface area (Å²) in [5.74, 6) is 1.20. The van der Waals surface area contributed by atoms with Gasteiger partial charge in [0.25, 0.3) is 0 Å². The first-order valence-electron chi connectivity index (χ1n) is 6.55. The summed E-state index contributed by atoms with van der Waals surface area (Å²) in [6.07, 6.45) is 0.0449. The minimum atomic E-state index is -0.766. The normalized spacial score (nSPS) is 12.2. The molecule has 1 aromatic carbocycles. The third-order valence-electron chi connectivity index (χ3n) is 2.57. The molecule has 0 amide bonds. The van der Waals surface area contributed by atoms with Gasteiger partial charge < -0.3 is 18.9 Å². The molecule has 0 radical (unpaired) electrons. The monoisotopic (exact) mass is 294 g/mol. The van der Waals surface area contributed by atoms with Gasteiger partial charge in [-0.25, -0.2) is 4.79 Å². The maximum absolute atomic E-state index is 11.8. The first-order chi connectivity index (χ1) is 9.80. The zero-order chi connectivity index (χ0) is 16.0. The minimum absolute atomic E-state index is 0.573. The summed E-state index contributed by atoms with van der Waals surface area (Å²) in [6, 6.07) is 5.23. The number of methoxy groups -OCH3 is 2. The highest BCUT2D eigenvalue weighted by Gasteiger charge is 2.23. The predicted molar refractivity (Wildman–Crippen MR) is 79.8 cm³/mol. The zero-order valence-corrected chi connectivity index (χ0v) is 13.1. The Kier molecular flexibility index (Phi) is 5.64. The van der Waals surface area contributed by atoms with Gasteiger partial charge in [0.05, 0.1) is 14.2 Å². The van der Waals surface area contributed by atoms with Gasteiger partial charge in [0, 0.05) is 5.56 Å². The van der Waals surface area contributed by atoms with E-state index in [2.05, 4.69) is 6.58 Å². The molecule has 1 aromatic rings. The number of hydrogen-bond donors (Lipinski definition) is 0. The zero-order valence-electron chi connectivity index (χ0n) is 13.1. The van der Waals surface area contributed by atoms with Crippen LogP contribution < -0.4 is 9.47 Å². The van der Waals surface area contributed by atoms with Crippen molar-refractivity contribution in [3.63, 3.8) is 0 Å². The Bertz CT molecular complexity index is 502. The van der Waals surface area contributed by atoms with E-state index < -0.39 is 17.9 Å². The molecule has 0 aliphatic rings.